The number of imide groups is 1. The topological polar surface area (TPSA) is 109 Å². The summed E-state index contributed by atoms with van der Waals surface area (Å²) in [6.45, 7) is 0. The summed E-state index contributed by atoms with van der Waals surface area (Å²) in [5.74, 6) is -1.83. The maximum atomic E-state index is 12.5. The molecule has 0 saturated carbocycles. The lowest BCUT2D eigenvalue weighted by Gasteiger charge is -2.10. The van der Waals surface area contributed by atoms with Gasteiger partial charge in [0.15, 0.2) is 9.84 Å². The van der Waals surface area contributed by atoms with E-state index in [4.69, 9.17) is 0 Å². The van der Waals surface area contributed by atoms with E-state index in [1.807, 2.05) is 0 Å². The number of anilines is 1. The zero-order chi connectivity index (χ0) is 17.5. The molecule has 1 aliphatic rings. The fourth-order valence-corrected chi connectivity index (χ4v) is 3.38. The van der Waals surface area contributed by atoms with E-state index in [1.165, 1.54) is 42.5 Å². The van der Waals surface area contributed by atoms with Gasteiger partial charge in [-0.05, 0) is 24.3 Å². The van der Waals surface area contributed by atoms with Crippen molar-refractivity contribution in [1.29, 1.82) is 0 Å². The molecule has 0 aliphatic carbocycles. The molecule has 2 aromatic carbocycles. The second-order valence-electron chi connectivity index (χ2n) is 5.23. The molecule has 1 aliphatic heterocycles. The summed E-state index contributed by atoms with van der Waals surface area (Å²) in [6, 6.07) is 10.2. The molecule has 8 heteroatoms. The molecular formula is C16H12N2O5S. The molecule has 122 valence electrons. The fourth-order valence-electron chi connectivity index (χ4n) is 2.49. The van der Waals surface area contributed by atoms with Gasteiger partial charge in [-0.25, -0.2) is 8.42 Å². The summed E-state index contributed by atoms with van der Waals surface area (Å²) in [4.78, 5) is 35.9. The van der Waals surface area contributed by atoms with E-state index in [1.54, 1.807) is 0 Å². The molecule has 1 heterocycles. The predicted molar refractivity (Wildman–Crippen MR) is 85.7 cm³/mol. The first-order chi connectivity index (χ1) is 11.3. The molecule has 2 N–H and O–H groups in total. The molecule has 7 nitrogen and oxygen atoms in total. The molecule has 0 spiro atoms. The average Bonchev–Trinajstić information content (AvgIpc) is 2.82. The van der Waals surface area contributed by atoms with Crippen molar-refractivity contribution in [2.75, 3.05) is 11.6 Å². The smallest absolute Gasteiger partial charge is 0.261 e. The van der Waals surface area contributed by atoms with Crippen LogP contribution in [-0.2, 0) is 9.84 Å². The van der Waals surface area contributed by atoms with E-state index >= 15 is 0 Å². The van der Waals surface area contributed by atoms with Crippen molar-refractivity contribution in [2.45, 2.75) is 4.90 Å². The van der Waals surface area contributed by atoms with Crippen LogP contribution in [0.2, 0.25) is 0 Å². The van der Waals surface area contributed by atoms with Gasteiger partial charge < -0.3 is 5.32 Å². The number of carbonyl (C=O) groups excluding carboxylic acids is 3. The highest BCUT2D eigenvalue weighted by Crippen LogP contribution is 2.25. The van der Waals surface area contributed by atoms with E-state index in [0.29, 0.717) is 0 Å². The summed E-state index contributed by atoms with van der Waals surface area (Å²) in [5.41, 5.74) is 0.327. The van der Waals surface area contributed by atoms with Crippen LogP contribution in [0.3, 0.4) is 0 Å². The van der Waals surface area contributed by atoms with Crippen LogP contribution in [-0.4, -0.2) is 32.4 Å². The van der Waals surface area contributed by atoms with Crippen molar-refractivity contribution < 1.29 is 22.8 Å². The van der Waals surface area contributed by atoms with E-state index < -0.39 is 27.6 Å². The normalized spacial score (nSPS) is 13.4. The molecule has 3 amide bonds. The van der Waals surface area contributed by atoms with Crippen molar-refractivity contribution in [3.8, 4) is 0 Å². The molecule has 0 aromatic heterocycles. The first-order valence-electron chi connectivity index (χ1n) is 6.88. The highest BCUT2D eigenvalue weighted by atomic mass is 32.2. The van der Waals surface area contributed by atoms with Gasteiger partial charge in [0.1, 0.15) is 0 Å². The van der Waals surface area contributed by atoms with Crippen LogP contribution < -0.4 is 10.6 Å². The summed E-state index contributed by atoms with van der Waals surface area (Å²) in [7, 11) is -3.60. The molecule has 0 radical (unpaired) electrons. The summed E-state index contributed by atoms with van der Waals surface area (Å²) in [5, 5.41) is 4.65. The van der Waals surface area contributed by atoms with Crippen LogP contribution in [0.4, 0.5) is 5.69 Å². The van der Waals surface area contributed by atoms with E-state index in [0.717, 1.165) is 6.26 Å². The second kappa shape index (κ2) is 5.57. The number of benzene rings is 2. The van der Waals surface area contributed by atoms with Crippen molar-refractivity contribution in [3.63, 3.8) is 0 Å². The number of nitrogens with one attached hydrogen (secondary N) is 2. The Morgan fingerprint density at radius 3 is 2.42 bits per heavy atom. The number of hydrogen-bond acceptors (Lipinski definition) is 5. The van der Waals surface area contributed by atoms with Gasteiger partial charge in [-0.1, -0.05) is 18.2 Å². The fraction of sp³-hybridized carbons (Fsp3) is 0.0625. The molecule has 0 unspecified atom stereocenters. The minimum atomic E-state index is -3.60. The van der Waals surface area contributed by atoms with Gasteiger partial charge in [0.05, 0.1) is 27.3 Å². The zero-order valence-corrected chi connectivity index (χ0v) is 13.3. The van der Waals surface area contributed by atoms with E-state index in [2.05, 4.69) is 10.6 Å². The molecule has 2 aromatic rings. The Bertz CT molecular complexity index is 995. The van der Waals surface area contributed by atoms with Crippen LogP contribution in [0.1, 0.15) is 31.1 Å². The van der Waals surface area contributed by atoms with Crippen molar-refractivity contribution in [3.05, 3.63) is 59.2 Å². The number of amides is 3. The summed E-state index contributed by atoms with van der Waals surface area (Å²) >= 11 is 0. The summed E-state index contributed by atoms with van der Waals surface area (Å²) < 4.78 is 23.6. The Morgan fingerprint density at radius 2 is 1.71 bits per heavy atom. The number of fused-ring (bicyclic) bond motifs is 1. The van der Waals surface area contributed by atoms with Gasteiger partial charge in [-0.15, -0.1) is 0 Å². The maximum absolute atomic E-state index is 12.5. The lowest BCUT2D eigenvalue weighted by molar-refractivity contribution is 0.0879. The van der Waals surface area contributed by atoms with Gasteiger partial charge in [0.25, 0.3) is 17.7 Å². The number of sulfone groups is 1. The lowest BCUT2D eigenvalue weighted by atomic mass is 10.1. The van der Waals surface area contributed by atoms with Crippen molar-refractivity contribution >= 4 is 33.2 Å². The molecule has 0 bridgehead atoms. The van der Waals surface area contributed by atoms with Crippen molar-refractivity contribution in [1.82, 2.24) is 5.32 Å². The van der Waals surface area contributed by atoms with E-state index in [-0.39, 0.29) is 27.3 Å². The standard InChI is InChI=1S/C16H12N2O5S/c1-24(22,23)12-8-3-2-5-9(12)14(19)17-11-7-4-6-10-13(11)16(21)18-15(10)20/h2-8H,1H3,(H,17,19)(H,18,20,21). The largest absolute Gasteiger partial charge is 0.321 e. The predicted octanol–water partition coefficient (Wildman–Crippen LogP) is 1.23. The molecule has 0 saturated heterocycles. The molecular weight excluding hydrogens is 332 g/mol. The molecule has 24 heavy (non-hydrogen) atoms. The lowest BCUT2D eigenvalue weighted by Crippen LogP contribution is -2.21. The maximum Gasteiger partial charge on any atom is 0.261 e. The number of carbonyl (C=O) groups is 3. The Hall–Kier alpha value is -3.00. The van der Waals surface area contributed by atoms with Gasteiger partial charge in [0.2, 0.25) is 0 Å². The molecule has 3 rings (SSSR count). The van der Waals surface area contributed by atoms with Gasteiger partial charge in [-0.2, -0.15) is 0 Å². The Labute approximate surface area is 137 Å². The van der Waals surface area contributed by atoms with Crippen LogP contribution in [0.25, 0.3) is 0 Å². The monoisotopic (exact) mass is 344 g/mol. The first-order valence-corrected chi connectivity index (χ1v) is 8.77. The number of rotatable bonds is 3. The molecule has 0 atom stereocenters. The highest BCUT2D eigenvalue weighted by molar-refractivity contribution is 7.90. The van der Waals surface area contributed by atoms with E-state index in [9.17, 15) is 22.8 Å². The second-order valence-corrected chi connectivity index (χ2v) is 7.22. The quantitative estimate of drug-likeness (QED) is 0.814. The Kier molecular flexibility index (Phi) is 3.69. The SMILES string of the molecule is CS(=O)(=O)c1ccccc1C(=O)Nc1cccc2c1C(=O)NC2=O. The zero-order valence-electron chi connectivity index (χ0n) is 12.5. The minimum absolute atomic E-state index is 0.0395. The van der Waals surface area contributed by atoms with Gasteiger partial charge >= 0.3 is 0 Å². The molecule has 0 fully saturated rings. The third-order valence-electron chi connectivity index (χ3n) is 3.54. The first kappa shape index (κ1) is 15.9. The number of hydrogen-bond donors (Lipinski definition) is 2. The van der Waals surface area contributed by atoms with Gasteiger partial charge in [-0.3, -0.25) is 19.7 Å². The third-order valence-corrected chi connectivity index (χ3v) is 4.70. The minimum Gasteiger partial charge on any atom is -0.321 e. The summed E-state index contributed by atoms with van der Waals surface area (Å²) in [6.07, 6.45) is 1.01. The van der Waals surface area contributed by atoms with Crippen LogP contribution in [0, 0.1) is 0 Å². The third kappa shape index (κ3) is 2.67. The van der Waals surface area contributed by atoms with Crippen LogP contribution >= 0.6 is 0 Å². The Morgan fingerprint density at radius 1 is 1.00 bits per heavy atom. The average molecular weight is 344 g/mol. The van der Waals surface area contributed by atoms with Crippen LogP contribution in [0.5, 0.6) is 0 Å². The highest BCUT2D eigenvalue weighted by Gasteiger charge is 2.30. The van der Waals surface area contributed by atoms with Crippen LogP contribution in [0.15, 0.2) is 47.4 Å². The van der Waals surface area contributed by atoms with Crippen molar-refractivity contribution in [2.24, 2.45) is 0 Å². The Balaban J connectivity index is 2.02. The van der Waals surface area contributed by atoms with Gasteiger partial charge in [0, 0.05) is 6.26 Å².